The molecule has 222 valence electrons. The Bertz CT molecular complexity index is 1260. The normalized spacial score (nSPS) is 26.7. The number of piperazine rings is 2. The van der Waals surface area contributed by atoms with Crippen LogP contribution in [0.4, 0.5) is 10.1 Å². The van der Waals surface area contributed by atoms with Gasteiger partial charge in [-0.05, 0) is 56.5 Å². The Hall–Kier alpha value is -2.88. The lowest BCUT2D eigenvalue weighted by atomic mass is 9.91. The van der Waals surface area contributed by atoms with Gasteiger partial charge in [-0.15, -0.1) is 0 Å². The van der Waals surface area contributed by atoms with Gasteiger partial charge in [0.15, 0.2) is 0 Å². The summed E-state index contributed by atoms with van der Waals surface area (Å²) in [6, 6.07) is 9.65. The quantitative estimate of drug-likeness (QED) is 0.582. The lowest BCUT2D eigenvalue weighted by molar-refractivity contribution is -0.133. The third-order valence-corrected chi connectivity index (χ3v) is 9.07. The standard InChI is InChI=1S/C32H45FN6O2/c1-21-15-37(28(14-34-21)18-38-22(2)16-36(24(4)40)17-23(38)3)19-30(41)39-20-32(5,6)31-29(39)12-26(13-35-31)11-25-7-9-27(33)10-8-25/h7-10,12-13,21-23,28,34H,11,14-20H2,1-6H3/t21-,22-,23-,28-/m1/s1. The third kappa shape index (κ3) is 6.47. The van der Waals surface area contributed by atoms with Crippen molar-refractivity contribution in [3.8, 4) is 0 Å². The van der Waals surface area contributed by atoms with Crippen LogP contribution in [-0.4, -0.2) is 101 Å². The number of hydrogen-bond donors (Lipinski definition) is 1. The van der Waals surface area contributed by atoms with Crippen LogP contribution < -0.4 is 10.2 Å². The topological polar surface area (TPSA) is 72.0 Å². The van der Waals surface area contributed by atoms with Gasteiger partial charge in [-0.25, -0.2) is 4.39 Å². The van der Waals surface area contributed by atoms with Crippen molar-refractivity contribution in [3.05, 3.63) is 59.2 Å². The summed E-state index contributed by atoms with van der Waals surface area (Å²) in [5, 5.41) is 3.62. The number of hydrogen-bond acceptors (Lipinski definition) is 6. The van der Waals surface area contributed by atoms with Gasteiger partial charge < -0.3 is 15.1 Å². The zero-order valence-electron chi connectivity index (χ0n) is 25.4. The van der Waals surface area contributed by atoms with Crippen LogP contribution >= 0.6 is 0 Å². The first-order valence-corrected chi connectivity index (χ1v) is 14.9. The summed E-state index contributed by atoms with van der Waals surface area (Å²) in [7, 11) is 0. The van der Waals surface area contributed by atoms with Gasteiger partial charge in [0.25, 0.3) is 0 Å². The average molecular weight is 565 g/mol. The zero-order valence-corrected chi connectivity index (χ0v) is 25.4. The lowest BCUT2D eigenvalue weighted by Gasteiger charge is -2.48. The van der Waals surface area contributed by atoms with Gasteiger partial charge in [-0.1, -0.05) is 26.0 Å². The Morgan fingerprint density at radius 1 is 1.05 bits per heavy atom. The molecule has 0 saturated carbocycles. The number of amides is 2. The minimum atomic E-state index is -0.248. The number of nitrogens with one attached hydrogen (secondary N) is 1. The van der Waals surface area contributed by atoms with Crippen molar-refractivity contribution in [1.82, 2.24) is 25.0 Å². The Balaban J connectivity index is 1.31. The van der Waals surface area contributed by atoms with E-state index in [4.69, 9.17) is 4.98 Å². The molecule has 41 heavy (non-hydrogen) atoms. The fourth-order valence-electron chi connectivity index (χ4n) is 6.82. The minimum absolute atomic E-state index is 0.0964. The van der Waals surface area contributed by atoms with E-state index in [-0.39, 0.29) is 41.2 Å². The molecule has 0 aliphatic carbocycles. The molecule has 0 radical (unpaired) electrons. The summed E-state index contributed by atoms with van der Waals surface area (Å²) in [6.07, 6.45) is 2.52. The summed E-state index contributed by atoms with van der Waals surface area (Å²) >= 11 is 0. The van der Waals surface area contributed by atoms with Gasteiger partial charge in [0.2, 0.25) is 11.8 Å². The molecule has 1 N–H and O–H groups in total. The third-order valence-electron chi connectivity index (χ3n) is 9.07. The number of carbonyl (C=O) groups excluding carboxylic acids is 2. The molecule has 2 fully saturated rings. The van der Waals surface area contributed by atoms with Crippen molar-refractivity contribution in [2.24, 2.45) is 0 Å². The minimum Gasteiger partial charge on any atom is -0.340 e. The second-order valence-electron chi connectivity index (χ2n) is 13.1. The maximum Gasteiger partial charge on any atom is 0.241 e. The highest BCUT2D eigenvalue weighted by Crippen LogP contribution is 2.40. The van der Waals surface area contributed by atoms with E-state index < -0.39 is 0 Å². The van der Waals surface area contributed by atoms with Gasteiger partial charge in [0, 0.05) is 82.0 Å². The highest BCUT2D eigenvalue weighted by Gasteiger charge is 2.41. The van der Waals surface area contributed by atoms with E-state index in [1.165, 1.54) is 12.1 Å². The maximum absolute atomic E-state index is 14.0. The summed E-state index contributed by atoms with van der Waals surface area (Å²) in [6.45, 7) is 17.4. The molecule has 0 bridgehead atoms. The molecule has 2 amide bonds. The molecule has 1 aromatic carbocycles. The molecule has 1 aromatic heterocycles. The van der Waals surface area contributed by atoms with Crippen molar-refractivity contribution in [2.45, 2.75) is 77.5 Å². The number of rotatable bonds is 6. The van der Waals surface area contributed by atoms with E-state index in [0.717, 1.165) is 55.2 Å². The largest absolute Gasteiger partial charge is 0.340 e. The summed E-state index contributed by atoms with van der Waals surface area (Å²) in [5.74, 6) is -0.0193. The van der Waals surface area contributed by atoms with Crippen LogP contribution in [0, 0.1) is 5.82 Å². The molecule has 4 atom stereocenters. The van der Waals surface area contributed by atoms with Crippen molar-refractivity contribution in [2.75, 3.05) is 50.7 Å². The second-order valence-corrected chi connectivity index (χ2v) is 13.1. The molecule has 0 spiro atoms. The number of pyridine rings is 1. The summed E-state index contributed by atoms with van der Waals surface area (Å²) in [4.78, 5) is 39.5. The maximum atomic E-state index is 14.0. The van der Waals surface area contributed by atoms with Crippen LogP contribution in [0.5, 0.6) is 0 Å². The predicted molar refractivity (Wildman–Crippen MR) is 160 cm³/mol. The highest BCUT2D eigenvalue weighted by molar-refractivity contribution is 5.97. The molecule has 8 nitrogen and oxygen atoms in total. The van der Waals surface area contributed by atoms with Crippen molar-refractivity contribution in [1.29, 1.82) is 0 Å². The molecule has 3 aliphatic rings. The molecule has 9 heteroatoms. The first kappa shape index (κ1) is 29.6. The fourth-order valence-corrected chi connectivity index (χ4v) is 6.82. The first-order valence-electron chi connectivity index (χ1n) is 14.9. The number of nitrogens with zero attached hydrogens (tertiary/aromatic N) is 5. The summed E-state index contributed by atoms with van der Waals surface area (Å²) < 4.78 is 13.4. The van der Waals surface area contributed by atoms with Crippen LogP contribution in [0.1, 0.15) is 58.4 Å². The van der Waals surface area contributed by atoms with Gasteiger partial charge in [-0.2, -0.15) is 0 Å². The van der Waals surface area contributed by atoms with Crippen molar-refractivity contribution >= 4 is 17.5 Å². The van der Waals surface area contributed by atoms with Crippen LogP contribution in [0.2, 0.25) is 0 Å². The van der Waals surface area contributed by atoms with Crippen LogP contribution in [-0.2, 0) is 21.4 Å². The molecule has 2 aromatic rings. The number of carbonyl (C=O) groups is 2. The van der Waals surface area contributed by atoms with E-state index >= 15 is 0 Å². The fraction of sp³-hybridized carbons (Fsp3) is 0.594. The van der Waals surface area contributed by atoms with E-state index in [0.29, 0.717) is 25.6 Å². The molecular formula is C32H45FN6O2. The smallest absolute Gasteiger partial charge is 0.241 e. The lowest BCUT2D eigenvalue weighted by Crippen LogP contribution is -2.65. The average Bonchev–Trinajstić information content (AvgIpc) is 3.18. The number of fused-ring (bicyclic) bond motifs is 1. The number of aromatic nitrogens is 1. The first-order chi connectivity index (χ1) is 19.4. The van der Waals surface area contributed by atoms with Crippen LogP contribution in [0.3, 0.4) is 0 Å². The Morgan fingerprint density at radius 3 is 2.39 bits per heavy atom. The van der Waals surface area contributed by atoms with E-state index in [9.17, 15) is 14.0 Å². The van der Waals surface area contributed by atoms with E-state index in [1.807, 2.05) is 16.0 Å². The summed E-state index contributed by atoms with van der Waals surface area (Å²) in [5.41, 5.74) is 3.61. The number of benzene rings is 1. The molecule has 2 saturated heterocycles. The van der Waals surface area contributed by atoms with Gasteiger partial charge >= 0.3 is 0 Å². The molecule has 3 aliphatic heterocycles. The Kier molecular flexibility index (Phi) is 8.51. The van der Waals surface area contributed by atoms with Crippen molar-refractivity contribution < 1.29 is 14.0 Å². The Labute approximate surface area is 243 Å². The monoisotopic (exact) mass is 564 g/mol. The number of anilines is 1. The molecule has 5 rings (SSSR count). The van der Waals surface area contributed by atoms with Gasteiger partial charge in [0.05, 0.1) is 17.9 Å². The molecular weight excluding hydrogens is 519 g/mol. The number of halogens is 1. The van der Waals surface area contributed by atoms with E-state index in [2.05, 4.69) is 55.8 Å². The molecule has 0 unspecified atom stereocenters. The molecule has 4 heterocycles. The van der Waals surface area contributed by atoms with Gasteiger partial charge in [-0.3, -0.25) is 24.4 Å². The van der Waals surface area contributed by atoms with Crippen molar-refractivity contribution in [3.63, 3.8) is 0 Å². The SMILES string of the molecule is CC(=O)N1C[C@@H](C)N(C[C@H]2CN[C@H](C)CN2CC(=O)N2CC(C)(C)c3ncc(Cc4ccc(F)cc4)cc32)[C@H](C)C1. The van der Waals surface area contributed by atoms with Crippen LogP contribution in [0.15, 0.2) is 36.5 Å². The zero-order chi connectivity index (χ0) is 29.5. The van der Waals surface area contributed by atoms with E-state index in [1.54, 1.807) is 19.1 Å². The second kappa shape index (κ2) is 11.8. The van der Waals surface area contributed by atoms with Crippen LogP contribution in [0.25, 0.3) is 0 Å². The van der Waals surface area contributed by atoms with Gasteiger partial charge in [0.1, 0.15) is 5.82 Å². The predicted octanol–water partition coefficient (Wildman–Crippen LogP) is 3.04. The Morgan fingerprint density at radius 2 is 1.73 bits per heavy atom. The highest BCUT2D eigenvalue weighted by atomic mass is 19.1.